The fourth-order valence-corrected chi connectivity index (χ4v) is 6.12. The quantitative estimate of drug-likeness (QED) is 0.678. The molecule has 1 saturated carbocycles. The van der Waals surface area contributed by atoms with Crippen molar-refractivity contribution in [2.75, 3.05) is 33.7 Å². The number of rotatable bonds is 4. The van der Waals surface area contributed by atoms with Crippen molar-refractivity contribution < 1.29 is 4.79 Å². The van der Waals surface area contributed by atoms with Gasteiger partial charge in [0.05, 0.1) is 12.2 Å². The Morgan fingerprint density at radius 1 is 1.19 bits per heavy atom. The van der Waals surface area contributed by atoms with E-state index in [1.54, 1.807) is 0 Å². The van der Waals surface area contributed by atoms with Crippen LogP contribution in [0, 0.1) is 17.8 Å². The number of carbonyl (C=O) groups excluding carboxylic acids is 1. The van der Waals surface area contributed by atoms with Crippen LogP contribution in [0.5, 0.6) is 0 Å². The molecule has 3 saturated heterocycles. The summed E-state index contributed by atoms with van der Waals surface area (Å²) in [4.78, 5) is 17.9. The van der Waals surface area contributed by atoms with Gasteiger partial charge in [0.1, 0.15) is 0 Å². The van der Waals surface area contributed by atoms with Gasteiger partial charge in [-0.05, 0) is 57.5 Å². The number of fused-ring (bicyclic) bond motifs is 2. The highest BCUT2D eigenvalue weighted by Crippen LogP contribution is 2.37. The fourth-order valence-electron chi connectivity index (χ4n) is 6.12. The van der Waals surface area contributed by atoms with E-state index in [4.69, 9.17) is 0 Å². The van der Waals surface area contributed by atoms with Crippen molar-refractivity contribution in [3.05, 3.63) is 0 Å². The molecule has 154 valence electrons. The molecular weight excluding hydrogens is 338 g/mol. The second-order valence-electron chi connectivity index (χ2n) is 10.0. The lowest BCUT2D eigenvalue weighted by Crippen LogP contribution is -2.59. The molecule has 1 amide bonds. The van der Waals surface area contributed by atoms with E-state index in [-0.39, 0.29) is 18.0 Å². The monoisotopic (exact) mass is 377 g/mol. The van der Waals surface area contributed by atoms with Gasteiger partial charge in [-0.3, -0.25) is 9.69 Å². The number of nitrogens with zero attached hydrogens (tertiary/aromatic N) is 2. The van der Waals surface area contributed by atoms with Crippen molar-refractivity contribution in [2.45, 2.75) is 76.3 Å². The van der Waals surface area contributed by atoms with Crippen LogP contribution >= 0.6 is 0 Å². The molecule has 0 aromatic rings. The Kier molecular flexibility index (Phi) is 5.79. The lowest BCUT2D eigenvalue weighted by atomic mass is 9.78. The molecule has 27 heavy (non-hydrogen) atoms. The van der Waals surface area contributed by atoms with Crippen LogP contribution in [-0.2, 0) is 4.79 Å². The summed E-state index contributed by atoms with van der Waals surface area (Å²) in [5, 5.41) is 10.8. The summed E-state index contributed by atoms with van der Waals surface area (Å²) in [7, 11) is 4.29. The van der Waals surface area contributed by atoms with E-state index in [1.165, 1.54) is 19.3 Å². The zero-order valence-corrected chi connectivity index (χ0v) is 17.6. The molecule has 0 aromatic carbocycles. The van der Waals surface area contributed by atoms with Crippen LogP contribution in [0.3, 0.4) is 0 Å². The van der Waals surface area contributed by atoms with E-state index >= 15 is 0 Å². The topological polar surface area (TPSA) is 59.6 Å². The molecule has 8 unspecified atom stereocenters. The Morgan fingerprint density at radius 2 is 2.00 bits per heavy atom. The van der Waals surface area contributed by atoms with Crippen molar-refractivity contribution in [2.24, 2.45) is 17.8 Å². The normalized spacial score (nSPS) is 44.9. The Balaban J connectivity index is 1.35. The number of nitrogens with one attached hydrogen (secondary N) is 3. The Hall–Kier alpha value is -0.690. The molecular formula is C21H39N5O. The SMILES string of the molecule is CC1CC2NCC(CN(C)C)N2CC1NC(=O)C1CC2CCCC(C)C2N1. The van der Waals surface area contributed by atoms with Gasteiger partial charge in [-0.25, -0.2) is 0 Å². The smallest absolute Gasteiger partial charge is 0.237 e. The van der Waals surface area contributed by atoms with Gasteiger partial charge in [0, 0.05) is 37.8 Å². The highest BCUT2D eigenvalue weighted by atomic mass is 16.2. The van der Waals surface area contributed by atoms with Crippen LogP contribution in [0.4, 0.5) is 0 Å². The first-order valence-electron chi connectivity index (χ1n) is 11.1. The summed E-state index contributed by atoms with van der Waals surface area (Å²) in [5.74, 6) is 2.16. The van der Waals surface area contributed by atoms with Gasteiger partial charge in [0.15, 0.2) is 0 Å². The molecule has 3 aliphatic heterocycles. The van der Waals surface area contributed by atoms with Crippen molar-refractivity contribution in [3.63, 3.8) is 0 Å². The Bertz CT molecular complexity index is 541. The maximum absolute atomic E-state index is 13.0. The number of amides is 1. The maximum Gasteiger partial charge on any atom is 0.237 e. The molecule has 6 nitrogen and oxygen atoms in total. The predicted octanol–water partition coefficient (Wildman–Crippen LogP) is 0.839. The first kappa shape index (κ1) is 19.6. The molecule has 0 spiro atoms. The van der Waals surface area contributed by atoms with E-state index in [1.807, 2.05) is 0 Å². The molecule has 3 heterocycles. The molecule has 4 aliphatic rings. The Morgan fingerprint density at radius 3 is 2.74 bits per heavy atom. The van der Waals surface area contributed by atoms with Crippen LogP contribution in [0.2, 0.25) is 0 Å². The third-order valence-electron chi connectivity index (χ3n) is 7.66. The van der Waals surface area contributed by atoms with Gasteiger partial charge in [0.2, 0.25) is 5.91 Å². The van der Waals surface area contributed by atoms with Crippen LogP contribution in [-0.4, -0.2) is 79.8 Å². The van der Waals surface area contributed by atoms with E-state index in [0.717, 1.165) is 32.5 Å². The third kappa shape index (κ3) is 4.04. The van der Waals surface area contributed by atoms with E-state index in [0.29, 0.717) is 36.0 Å². The molecule has 4 fully saturated rings. The fraction of sp³-hybridized carbons (Fsp3) is 0.952. The van der Waals surface area contributed by atoms with Crippen LogP contribution in [0.1, 0.15) is 46.0 Å². The van der Waals surface area contributed by atoms with E-state index < -0.39 is 0 Å². The van der Waals surface area contributed by atoms with Crippen molar-refractivity contribution in [1.29, 1.82) is 0 Å². The average molecular weight is 378 g/mol. The molecule has 0 radical (unpaired) electrons. The minimum Gasteiger partial charge on any atom is -0.350 e. The molecule has 3 N–H and O–H groups in total. The molecule has 0 bridgehead atoms. The highest BCUT2D eigenvalue weighted by molar-refractivity contribution is 5.82. The largest absolute Gasteiger partial charge is 0.350 e. The zero-order chi connectivity index (χ0) is 19.1. The van der Waals surface area contributed by atoms with Gasteiger partial charge in [-0.2, -0.15) is 0 Å². The predicted molar refractivity (Wildman–Crippen MR) is 108 cm³/mol. The van der Waals surface area contributed by atoms with Crippen LogP contribution in [0.15, 0.2) is 0 Å². The summed E-state index contributed by atoms with van der Waals surface area (Å²) in [6.07, 6.45) is 6.55. The molecule has 0 aromatic heterocycles. The number of piperidine rings is 1. The third-order valence-corrected chi connectivity index (χ3v) is 7.66. The van der Waals surface area contributed by atoms with E-state index in [2.05, 4.69) is 53.7 Å². The van der Waals surface area contributed by atoms with Crippen LogP contribution < -0.4 is 16.0 Å². The maximum atomic E-state index is 13.0. The summed E-state index contributed by atoms with van der Waals surface area (Å²) < 4.78 is 0. The standard InChI is InChI=1S/C21H39N5O/c1-13-6-5-7-15-9-17(23-20(13)15)21(27)24-18-12-26-16(11-25(3)4)10-22-19(26)8-14(18)2/h13-20,22-23H,5-12H2,1-4H3,(H,24,27). The number of likely N-dealkylation sites (N-methyl/N-ethyl adjacent to an activating group) is 1. The van der Waals surface area contributed by atoms with Crippen molar-refractivity contribution in [3.8, 4) is 0 Å². The van der Waals surface area contributed by atoms with Gasteiger partial charge in [-0.1, -0.05) is 20.3 Å². The molecule has 8 atom stereocenters. The number of hydrogen-bond acceptors (Lipinski definition) is 5. The summed E-state index contributed by atoms with van der Waals surface area (Å²) >= 11 is 0. The van der Waals surface area contributed by atoms with Crippen molar-refractivity contribution >= 4 is 5.91 Å². The van der Waals surface area contributed by atoms with Gasteiger partial charge >= 0.3 is 0 Å². The van der Waals surface area contributed by atoms with Gasteiger partial charge < -0.3 is 20.9 Å². The lowest BCUT2D eigenvalue weighted by molar-refractivity contribution is -0.124. The first-order valence-corrected chi connectivity index (χ1v) is 11.1. The first-order chi connectivity index (χ1) is 12.9. The van der Waals surface area contributed by atoms with Crippen molar-refractivity contribution in [1.82, 2.24) is 25.8 Å². The zero-order valence-electron chi connectivity index (χ0n) is 17.6. The molecule has 4 rings (SSSR count). The van der Waals surface area contributed by atoms with Crippen LogP contribution in [0.25, 0.3) is 0 Å². The second-order valence-corrected chi connectivity index (χ2v) is 10.0. The van der Waals surface area contributed by atoms with E-state index in [9.17, 15) is 4.79 Å². The summed E-state index contributed by atoms with van der Waals surface area (Å²) in [6.45, 7) is 7.75. The lowest BCUT2D eigenvalue weighted by Gasteiger charge is -2.42. The highest BCUT2D eigenvalue weighted by Gasteiger charge is 2.44. The second kappa shape index (κ2) is 7.97. The molecule has 1 aliphatic carbocycles. The summed E-state index contributed by atoms with van der Waals surface area (Å²) in [6, 6.07) is 1.38. The minimum atomic E-state index is 0.0137. The number of carbonyl (C=O) groups is 1. The van der Waals surface area contributed by atoms with Gasteiger partial charge in [0.25, 0.3) is 0 Å². The number of hydrogen-bond donors (Lipinski definition) is 3. The average Bonchev–Trinajstić information content (AvgIpc) is 3.20. The summed E-state index contributed by atoms with van der Waals surface area (Å²) in [5.41, 5.74) is 0. The van der Waals surface area contributed by atoms with Gasteiger partial charge in [-0.15, -0.1) is 0 Å². The minimum absolute atomic E-state index is 0.0137. The Labute approximate surface area is 164 Å². The molecule has 6 heteroatoms.